The number of benzene rings is 1. The predicted octanol–water partition coefficient (Wildman–Crippen LogP) is -0.483. The zero-order valence-corrected chi connectivity index (χ0v) is 17.1. The summed E-state index contributed by atoms with van der Waals surface area (Å²) < 4.78 is 5.77. The number of ether oxygens (including phenoxy) is 1. The Morgan fingerprint density at radius 1 is 1.17 bits per heavy atom. The molecule has 1 aromatic carbocycles. The number of amides is 3. The van der Waals surface area contributed by atoms with Gasteiger partial charge >= 0.3 is 0 Å². The van der Waals surface area contributed by atoms with Crippen molar-refractivity contribution in [3.8, 4) is 0 Å². The van der Waals surface area contributed by atoms with Crippen LogP contribution in [0.25, 0.3) is 0 Å². The van der Waals surface area contributed by atoms with E-state index in [2.05, 4.69) is 28.1 Å². The molecule has 2 heterocycles. The molecule has 4 rings (SSSR count). The van der Waals surface area contributed by atoms with E-state index in [4.69, 9.17) is 10.5 Å². The second kappa shape index (κ2) is 8.71. The van der Waals surface area contributed by atoms with Gasteiger partial charge in [-0.15, -0.1) is 0 Å². The fourth-order valence-electron chi connectivity index (χ4n) is 4.62. The summed E-state index contributed by atoms with van der Waals surface area (Å²) in [7, 11) is 1.56. The van der Waals surface area contributed by atoms with E-state index in [0.29, 0.717) is 12.8 Å². The molecular formula is C21H29N5O4. The van der Waals surface area contributed by atoms with E-state index in [1.165, 1.54) is 10.5 Å². The van der Waals surface area contributed by atoms with Crippen LogP contribution in [0.4, 0.5) is 0 Å². The third-order valence-electron chi connectivity index (χ3n) is 6.24. The van der Waals surface area contributed by atoms with Crippen molar-refractivity contribution >= 4 is 17.7 Å². The monoisotopic (exact) mass is 415 g/mol. The van der Waals surface area contributed by atoms with Gasteiger partial charge < -0.3 is 26.0 Å². The van der Waals surface area contributed by atoms with Gasteiger partial charge in [0.15, 0.2) is 0 Å². The number of hydrogen-bond acceptors (Lipinski definition) is 6. The van der Waals surface area contributed by atoms with Gasteiger partial charge in [0, 0.05) is 0 Å². The first-order valence-electron chi connectivity index (χ1n) is 10.5. The van der Waals surface area contributed by atoms with Crippen LogP contribution >= 0.6 is 0 Å². The van der Waals surface area contributed by atoms with Crippen LogP contribution in [0.3, 0.4) is 0 Å². The minimum absolute atomic E-state index is 0.0496. The molecule has 2 saturated heterocycles. The van der Waals surface area contributed by atoms with E-state index in [0.717, 1.165) is 24.8 Å². The number of nitrogens with one attached hydrogen (secondary N) is 3. The molecule has 5 N–H and O–H groups in total. The molecule has 2 aliphatic heterocycles. The first-order valence-corrected chi connectivity index (χ1v) is 10.5. The zero-order valence-electron chi connectivity index (χ0n) is 17.1. The molecule has 1 unspecified atom stereocenters. The largest absolute Gasteiger partial charge is 0.356 e. The fourth-order valence-corrected chi connectivity index (χ4v) is 4.62. The first kappa shape index (κ1) is 20.8. The SMILES string of the molecule is CN[C@@H](N)C(=O)N[C@H]1CO[C@H]2CCC(C(=O)N[C@@H]3CCCc4ccccc43)N2C1=O. The highest BCUT2D eigenvalue weighted by atomic mass is 16.5. The van der Waals surface area contributed by atoms with Gasteiger partial charge in [-0.25, -0.2) is 0 Å². The molecule has 0 aromatic heterocycles. The van der Waals surface area contributed by atoms with Crippen LogP contribution < -0.4 is 21.7 Å². The number of rotatable bonds is 5. The third-order valence-corrected chi connectivity index (χ3v) is 6.24. The second-order valence-corrected chi connectivity index (χ2v) is 8.11. The molecule has 9 nitrogen and oxygen atoms in total. The highest BCUT2D eigenvalue weighted by molar-refractivity contribution is 5.94. The van der Waals surface area contributed by atoms with Crippen LogP contribution in [0.15, 0.2) is 24.3 Å². The minimum Gasteiger partial charge on any atom is -0.356 e. The Kier molecular flexibility index (Phi) is 6.03. The maximum Gasteiger partial charge on any atom is 0.252 e. The average molecular weight is 415 g/mol. The number of fused-ring (bicyclic) bond motifs is 2. The summed E-state index contributed by atoms with van der Waals surface area (Å²) in [4.78, 5) is 39.7. The Morgan fingerprint density at radius 2 is 1.97 bits per heavy atom. The van der Waals surface area contributed by atoms with Crippen molar-refractivity contribution in [2.24, 2.45) is 5.73 Å². The number of carbonyl (C=O) groups is 3. The fraction of sp³-hybridized carbons (Fsp3) is 0.571. The molecule has 0 bridgehead atoms. The molecule has 3 amide bonds. The maximum atomic E-state index is 13.1. The van der Waals surface area contributed by atoms with Gasteiger partial charge in [-0.3, -0.25) is 19.7 Å². The highest BCUT2D eigenvalue weighted by Crippen LogP contribution is 2.32. The van der Waals surface area contributed by atoms with E-state index in [1.54, 1.807) is 7.05 Å². The topological polar surface area (TPSA) is 126 Å². The van der Waals surface area contributed by atoms with Crippen molar-refractivity contribution < 1.29 is 19.1 Å². The van der Waals surface area contributed by atoms with Gasteiger partial charge in [-0.2, -0.15) is 0 Å². The number of nitrogens with zero attached hydrogens (tertiary/aromatic N) is 1. The van der Waals surface area contributed by atoms with Gasteiger partial charge in [0.25, 0.3) is 5.91 Å². The quantitative estimate of drug-likeness (QED) is 0.481. The molecule has 1 aromatic rings. The van der Waals surface area contributed by atoms with Gasteiger partial charge in [-0.05, 0) is 50.3 Å². The van der Waals surface area contributed by atoms with Crippen LogP contribution in [-0.2, 0) is 25.5 Å². The number of likely N-dealkylation sites (N-methyl/N-ethyl adjacent to an activating group) is 1. The molecule has 0 saturated carbocycles. The van der Waals surface area contributed by atoms with Gasteiger partial charge in [0.1, 0.15) is 24.5 Å². The molecule has 0 spiro atoms. The van der Waals surface area contributed by atoms with Crippen molar-refractivity contribution in [3.05, 3.63) is 35.4 Å². The Labute approximate surface area is 175 Å². The molecule has 0 radical (unpaired) electrons. The smallest absolute Gasteiger partial charge is 0.252 e. The summed E-state index contributed by atoms with van der Waals surface area (Å²) in [5, 5.41) is 8.39. The molecular weight excluding hydrogens is 386 g/mol. The Bertz CT molecular complexity index is 831. The molecule has 30 heavy (non-hydrogen) atoms. The summed E-state index contributed by atoms with van der Waals surface area (Å²) in [6, 6.07) is 6.66. The van der Waals surface area contributed by atoms with E-state index >= 15 is 0 Å². The van der Waals surface area contributed by atoms with Crippen molar-refractivity contribution in [2.75, 3.05) is 13.7 Å². The lowest BCUT2D eigenvalue weighted by atomic mass is 9.87. The lowest BCUT2D eigenvalue weighted by Crippen LogP contribution is -2.63. The average Bonchev–Trinajstić information content (AvgIpc) is 3.20. The van der Waals surface area contributed by atoms with E-state index in [1.807, 2.05) is 12.1 Å². The molecule has 1 aliphatic carbocycles. The van der Waals surface area contributed by atoms with Crippen LogP contribution in [0, 0.1) is 0 Å². The Morgan fingerprint density at radius 3 is 2.77 bits per heavy atom. The minimum atomic E-state index is -0.917. The first-order chi connectivity index (χ1) is 14.5. The lowest BCUT2D eigenvalue weighted by Gasteiger charge is -2.38. The third kappa shape index (κ3) is 3.92. The highest BCUT2D eigenvalue weighted by Gasteiger charge is 2.47. The zero-order chi connectivity index (χ0) is 21.3. The lowest BCUT2D eigenvalue weighted by molar-refractivity contribution is -0.167. The Hall–Kier alpha value is -2.49. The molecule has 5 atom stereocenters. The number of hydrogen-bond donors (Lipinski definition) is 4. The van der Waals surface area contributed by atoms with E-state index in [-0.39, 0.29) is 24.5 Å². The Balaban J connectivity index is 1.44. The number of aryl methyl sites for hydroxylation is 1. The van der Waals surface area contributed by atoms with Crippen LogP contribution in [0.1, 0.15) is 42.9 Å². The van der Waals surface area contributed by atoms with E-state index < -0.39 is 30.4 Å². The molecule has 9 heteroatoms. The predicted molar refractivity (Wildman–Crippen MR) is 109 cm³/mol. The van der Waals surface area contributed by atoms with Crippen molar-refractivity contribution in [3.63, 3.8) is 0 Å². The van der Waals surface area contributed by atoms with Crippen molar-refractivity contribution in [1.82, 2.24) is 20.9 Å². The molecule has 3 aliphatic rings. The number of nitrogens with two attached hydrogens (primary N) is 1. The van der Waals surface area contributed by atoms with E-state index in [9.17, 15) is 14.4 Å². The summed E-state index contributed by atoms with van der Waals surface area (Å²) in [5.74, 6) is -0.962. The van der Waals surface area contributed by atoms with Crippen LogP contribution in [-0.4, -0.2) is 60.8 Å². The summed E-state index contributed by atoms with van der Waals surface area (Å²) in [6.45, 7) is 0.0759. The van der Waals surface area contributed by atoms with Crippen molar-refractivity contribution in [2.45, 2.75) is 62.6 Å². The normalized spacial score (nSPS) is 29.0. The van der Waals surface area contributed by atoms with Gasteiger partial charge in [0.05, 0.1) is 12.6 Å². The number of carbonyl (C=O) groups excluding carboxylic acids is 3. The van der Waals surface area contributed by atoms with Crippen LogP contribution in [0.5, 0.6) is 0 Å². The van der Waals surface area contributed by atoms with Crippen LogP contribution in [0.2, 0.25) is 0 Å². The summed E-state index contributed by atoms with van der Waals surface area (Å²) in [6.07, 6.45) is 2.69. The van der Waals surface area contributed by atoms with Gasteiger partial charge in [0.2, 0.25) is 11.8 Å². The molecule has 162 valence electrons. The standard InChI is InChI=1S/C21H29N5O4/c1-23-18(22)20(28)25-15-11-30-17-10-9-16(26(17)21(15)29)19(27)24-14-8-4-6-12-5-2-3-7-13(12)14/h2-3,5,7,14-18,23H,4,6,8-11,22H2,1H3,(H,24,27)(H,25,28)/t14-,15+,16?,17+,18-/m1/s1. The summed E-state index contributed by atoms with van der Waals surface area (Å²) in [5.41, 5.74) is 8.07. The maximum absolute atomic E-state index is 13.1. The molecule has 2 fully saturated rings. The van der Waals surface area contributed by atoms with Crippen molar-refractivity contribution in [1.29, 1.82) is 0 Å². The summed E-state index contributed by atoms with van der Waals surface area (Å²) >= 11 is 0. The second-order valence-electron chi connectivity index (χ2n) is 8.11. The van der Waals surface area contributed by atoms with Gasteiger partial charge in [-0.1, -0.05) is 24.3 Å².